The quantitative estimate of drug-likeness (QED) is 0.763. The van der Waals surface area contributed by atoms with Crippen LogP contribution in [0.1, 0.15) is 49.2 Å². The average Bonchev–Trinajstić information content (AvgIpc) is 2.54. The minimum Gasteiger partial charge on any atom is -0.322 e. The van der Waals surface area contributed by atoms with Gasteiger partial charge in [0.05, 0.1) is 0 Å². The van der Waals surface area contributed by atoms with Crippen molar-refractivity contribution in [2.45, 2.75) is 41.5 Å². The molecule has 2 rings (SSSR count). The third-order valence-electron chi connectivity index (χ3n) is 2.70. The van der Waals surface area contributed by atoms with Crippen molar-refractivity contribution >= 4 is 11.6 Å². The van der Waals surface area contributed by atoms with Crippen molar-refractivity contribution in [1.29, 1.82) is 0 Å². The number of amides is 1. The molecule has 0 aliphatic carbocycles. The summed E-state index contributed by atoms with van der Waals surface area (Å²) in [6.07, 6.45) is 0. The maximum atomic E-state index is 12.0. The van der Waals surface area contributed by atoms with Gasteiger partial charge < -0.3 is 5.32 Å². The molecule has 2 nitrogen and oxygen atoms in total. The molecule has 0 bridgehead atoms. The number of carbonyl (C=O) groups is 1. The number of rotatable bonds is 2. The standard InChI is InChI=1S/C15H15NO.2C2H6/c1-11-7-9-13(10-8-11)16-15(17)14-6-4-3-5-12(14)2;2*1-2/h3-10H,1-2H3,(H,16,17);2*1-2H3. The van der Waals surface area contributed by atoms with Crippen LogP contribution in [0.3, 0.4) is 0 Å². The summed E-state index contributed by atoms with van der Waals surface area (Å²) in [4.78, 5) is 12.0. The predicted molar refractivity (Wildman–Crippen MR) is 93.0 cm³/mol. The molecular weight excluding hydrogens is 258 g/mol. The summed E-state index contributed by atoms with van der Waals surface area (Å²) < 4.78 is 0. The first kappa shape index (κ1) is 18.9. The number of hydrogen-bond acceptors (Lipinski definition) is 1. The highest BCUT2D eigenvalue weighted by Crippen LogP contribution is 2.12. The van der Waals surface area contributed by atoms with Crippen LogP contribution in [-0.2, 0) is 0 Å². The van der Waals surface area contributed by atoms with Crippen LogP contribution in [0.5, 0.6) is 0 Å². The number of aryl methyl sites for hydroxylation is 2. The minimum atomic E-state index is -0.0630. The van der Waals surface area contributed by atoms with Crippen molar-refractivity contribution in [2.24, 2.45) is 0 Å². The van der Waals surface area contributed by atoms with Gasteiger partial charge >= 0.3 is 0 Å². The lowest BCUT2D eigenvalue weighted by atomic mass is 10.1. The van der Waals surface area contributed by atoms with Crippen molar-refractivity contribution < 1.29 is 4.79 Å². The van der Waals surface area contributed by atoms with Gasteiger partial charge in [-0.05, 0) is 37.6 Å². The molecule has 0 aliphatic heterocycles. The number of hydrogen-bond donors (Lipinski definition) is 1. The smallest absolute Gasteiger partial charge is 0.255 e. The molecule has 2 aromatic rings. The second kappa shape index (κ2) is 10.7. The third-order valence-corrected chi connectivity index (χ3v) is 2.70. The summed E-state index contributed by atoms with van der Waals surface area (Å²) in [6, 6.07) is 15.3. The number of benzene rings is 2. The maximum absolute atomic E-state index is 12.0. The number of carbonyl (C=O) groups excluding carboxylic acids is 1. The van der Waals surface area contributed by atoms with Crippen LogP contribution in [0, 0.1) is 13.8 Å². The van der Waals surface area contributed by atoms with Crippen LogP contribution >= 0.6 is 0 Å². The Morgan fingerprint density at radius 2 is 1.33 bits per heavy atom. The number of nitrogens with one attached hydrogen (secondary N) is 1. The molecule has 114 valence electrons. The highest BCUT2D eigenvalue weighted by atomic mass is 16.1. The summed E-state index contributed by atoms with van der Waals surface area (Å²) in [5, 5.41) is 2.89. The number of anilines is 1. The van der Waals surface area contributed by atoms with Crippen molar-refractivity contribution in [2.75, 3.05) is 5.32 Å². The first-order valence-corrected chi connectivity index (χ1v) is 7.60. The van der Waals surface area contributed by atoms with Crippen molar-refractivity contribution in [3.63, 3.8) is 0 Å². The van der Waals surface area contributed by atoms with E-state index >= 15 is 0 Å². The van der Waals surface area contributed by atoms with Gasteiger partial charge in [-0.25, -0.2) is 0 Å². The van der Waals surface area contributed by atoms with Gasteiger partial charge in [-0.1, -0.05) is 63.6 Å². The zero-order chi connectivity index (χ0) is 16.3. The normalized spacial score (nSPS) is 8.67. The van der Waals surface area contributed by atoms with E-state index in [0.717, 1.165) is 11.3 Å². The minimum absolute atomic E-state index is 0.0630. The maximum Gasteiger partial charge on any atom is 0.255 e. The highest BCUT2D eigenvalue weighted by molar-refractivity contribution is 6.05. The molecule has 1 N–H and O–H groups in total. The van der Waals surface area contributed by atoms with Gasteiger partial charge in [0.1, 0.15) is 0 Å². The summed E-state index contributed by atoms with van der Waals surface area (Å²) in [7, 11) is 0. The Bertz CT molecular complexity index is 530. The Balaban J connectivity index is 0.000000921. The third kappa shape index (κ3) is 6.26. The Labute approximate surface area is 129 Å². The predicted octanol–water partition coefficient (Wildman–Crippen LogP) is 5.61. The molecule has 0 spiro atoms. The molecule has 0 heterocycles. The molecule has 2 aromatic carbocycles. The molecule has 0 aromatic heterocycles. The molecule has 21 heavy (non-hydrogen) atoms. The topological polar surface area (TPSA) is 29.1 Å². The van der Waals surface area contributed by atoms with Crippen molar-refractivity contribution in [1.82, 2.24) is 0 Å². The molecular formula is C19H27NO. The first-order valence-electron chi connectivity index (χ1n) is 7.60. The van der Waals surface area contributed by atoms with Gasteiger partial charge in [0.25, 0.3) is 5.91 Å². The van der Waals surface area contributed by atoms with Crippen LogP contribution in [0.4, 0.5) is 5.69 Å². The van der Waals surface area contributed by atoms with E-state index in [1.54, 1.807) is 0 Å². The lowest BCUT2D eigenvalue weighted by Crippen LogP contribution is -2.13. The summed E-state index contributed by atoms with van der Waals surface area (Å²) in [6.45, 7) is 12.0. The fourth-order valence-corrected chi connectivity index (χ4v) is 1.66. The van der Waals surface area contributed by atoms with Gasteiger partial charge in [0.15, 0.2) is 0 Å². The average molecular weight is 285 g/mol. The van der Waals surface area contributed by atoms with Crippen LogP contribution in [0.25, 0.3) is 0 Å². The zero-order valence-corrected chi connectivity index (χ0v) is 14.0. The van der Waals surface area contributed by atoms with E-state index in [0.29, 0.717) is 5.56 Å². The van der Waals surface area contributed by atoms with E-state index < -0.39 is 0 Å². The Morgan fingerprint density at radius 1 is 0.810 bits per heavy atom. The SMILES string of the molecule is CC.CC.Cc1ccc(NC(=O)c2ccccc2C)cc1. The van der Waals surface area contributed by atoms with E-state index in [2.05, 4.69) is 5.32 Å². The van der Waals surface area contributed by atoms with Crippen LogP contribution in [-0.4, -0.2) is 5.91 Å². The molecule has 0 unspecified atom stereocenters. The van der Waals surface area contributed by atoms with E-state index in [4.69, 9.17) is 0 Å². The van der Waals surface area contributed by atoms with Gasteiger partial charge in [-0.3, -0.25) is 4.79 Å². The Kier molecular flexibility index (Phi) is 9.61. The fourth-order valence-electron chi connectivity index (χ4n) is 1.66. The lowest BCUT2D eigenvalue weighted by Gasteiger charge is -2.07. The Hall–Kier alpha value is -2.09. The van der Waals surface area contributed by atoms with Crippen molar-refractivity contribution in [3.8, 4) is 0 Å². The molecule has 0 radical (unpaired) electrons. The van der Waals surface area contributed by atoms with Crippen LogP contribution in [0.15, 0.2) is 48.5 Å². The van der Waals surface area contributed by atoms with E-state index in [1.807, 2.05) is 90.1 Å². The fraction of sp³-hybridized carbons (Fsp3) is 0.316. The highest BCUT2D eigenvalue weighted by Gasteiger charge is 2.07. The van der Waals surface area contributed by atoms with E-state index in [9.17, 15) is 4.79 Å². The molecule has 0 saturated heterocycles. The first-order chi connectivity index (χ1) is 10.2. The van der Waals surface area contributed by atoms with Crippen molar-refractivity contribution in [3.05, 3.63) is 65.2 Å². The molecule has 1 amide bonds. The second-order valence-corrected chi connectivity index (χ2v) is 4.14. The zero-order valence-electron chi connectivity index (χ0n) is 14.0. The monoisotopic (exact) mass is 285 g/mol. The lowest BCUT2D eigenvalue weighted by molar-refractivity contribution is 0.102. The molecule has 0 atom stereocenters. The molecule has 0 fully saturated rings. The van der Waals surface area contributed by atoms with Gasteiger partial charge in [-0.15, -0.1) is 0 Å². The van der Waals surface area contributed by atoms with Gasteiger partial charge in [-0.2, -0.15) is 0 Å². The molecule has 0 aliphatic rings. The molecule has 0 saturated carbocycles. The van der Waals surface area contributed by atoms with E-state index in [-0.39, 0.29) is 5.91 Å². The second-order valence-electron chi connectivity index (χ2n) is 4.14. The summed E-state index contributed by atoms with van der Waals surface area (Å²) in [5.74, 6) is -0.0630. The van der Waals surface area contributed by atoms with Crippen LogP contribution < -0.4 is 5.32 Å². The summed E-state index contributed by atoms with van der Waals surface area (Å²) >= 11 is 0. The van der Waals surface area contributed by atoms with E-state index in [1.165, 1.54) is 5.56 Å². The summed E-state index contributed by atoms with van der Waals surface area (Å²) in [5.41, 5.74) is 3.70. The van der Waals surface area contributed by atoms with Crippen LogP contribution in [0.2, 0.25) is 0 Å². The largest absolute Gasteiger partial charge is 0.322 e. The molecule has 2 heteroatoms. The Morgan fingerprint density at radius 3 is 1.86 bits per heavy atom. The van der Waals surface area contributed by atoms with Gasteiger partial charge in [0.2, 0.25) is 0 Å². The van der Waals surface area contributed by atoms with Gasteiger partial charge in [0, 0.05) is 11.3 Å².